The zero-order chi connectivity index (χ0) is 23.4. The molecule has 4 nitrogen and oxygen atoms in total. The Morgan fingerprint density at radius 3 is 2.52 bits per heavy atom. The molecule has 0 spiro atoms. The first-order chi connectivity index (χ1) is 15.9. The van der Waals surface area contributed by atoms with Crippen molar-refractivity contribution < 1.29 is 9.53 Å². The average Bonchev–Trinajstić information content (AvgIpc) is 3.14. The van der Waals surface area contributed by atoms with E-state index in [1.807, 2.05) is 42.5 Å². The van der Waals surface area contributed by atoms with Crippen LogP contribution in [-0.4, -0.2) is 11.4 Å². The summed E-state index contributed by atoms with van der Waals surface area (Å²) in [4.78, 5) is 13.1. The fourth-order valence-electron chi connectivity index (χ4n) is 3.22. The van der Waals surface area contributed by atoms with Crippen molar-refractivity contribution in [2.24, 2.45) is 0 Å². The van der Waals surface area contributed by atoms with Crippen molar-refractivity contribution in [1.82, 2.24) is 5.32 Å². The van der Waals surface area contributed by atoms with E-state index in [2.05, 4.69) is 52.3 Å². The minimum absolute atomic E-state index is 0.0855. The molecule has 2 N–H and O–H groups in total. The summed E-state index contributed by atoms with van der Waals surface area (Å²) in [6.07, 6.45) is 2.90. The maximum atomic E-state index is 12.5. The molecular formula is C25H21Cl2IN2O2S. The first-order valence-corrected chi connectivity index (χ1v) is 13.0. The van der Waals surface area contributed by atoms with Crippen molar-refractivity contribution in [3.63, 3.8) is 0 Å². The smallest absolute Gasteiger partial charge is 0.260 e. The van der Waals surface area contributed by atoms with E-state index in [4.69, 9.17) is 27.9 Å². The summed E-state index contributed by atoms with van der Waals surface area (Å²) >= 11 is 15.7. The maximum Gasteiger partial charge on any atom is 0.260 e. The van der Waals surface area contributed by atoms with Gasteiger partial charge < -0.3 is 15.4 Å². The number of aryl methyl sites for hydroxylation is 1. The summed E-state index contributed by atoms with van der Waals surface area (Å²) in [6, 6.07) is 19.5. The lowest BCUT2D eigenvalue weighted by Crippen LogP contribution is -2.30. The van der Waals surface area contributed by atoms with Crippen molar-refractivity contribution in [1.29, 1.82) is 0 Å². The predicted octanol–water partition coefficient (Wildman–Crippen LogP) is 7.34. The Morgan fingerprint density at radius 2 is 1.82 bits per heavy atom. The van der Waals surface area contributed by atoms with Crippen LogP contribution < -0.4 is 15.4 Å². The molecule has 0 unspecified atom stereocenters. The molecule has 0 saturated carbocycles. The van der Waals surface area contributed by atoms with Crippen LogP contribution in [0.1, 0.15) is 23.6 Å². The van der Waals surface area contributed by atoms with E-state index in [1.165, 1.54) is 17.3 Å². The van der Waals surface area contributed by atoms with E-state index in [0.29, 0.717) is 21.6 Å². The molecule has 33 heavy (non-hydrogen) atoms. The molecule has 3 aromatic carbocycles. The second kappa shape index (κ2) is 11.0. The van der Waals surface area contributed by atoms with Gasteiger partial charge >= 0.3 is 0 Å². The lowest BCUT2D eigenvalue weighted by molar-refractivity contribution is -0.116. The van der Waals surface area contributed by atoms with Gasteiger partial charge in [-0.1, -0.05) is 66.2 Å². The van der Waals surface area contributed by atoms with Gasteiger partial charge in [-0.3, -0.25) is 4.79 Å². The van der Waals surface area contributed by atoms with E-state index >= 15 is 0 Å². The Kier molecular flexibility index (Phi) is 8.11. The molecule has 0 radical (unpaired) electrons. The molecule has 1 aliphatic heterocycles. The van der Waals surface area contributed by atoms with Crippen molar-refractivity contribution in [2.45, 2.75) is 25.4 Å². The third-order valence-electron chi connectivity index (χ3n) is 5.02. The molecule has 1 heterocycles. The van der Waals surface area contributed by atoms with Crippen molar-refractivity contribution in [2.75, 3.05) is 5.32 Å². The van der Waals surface area contributed by atoms with Gasteiger partial charge in [-0.05, 0) is 88.2 Å². The van der Waals surface area contributed by atoms with E-state index in [0.717, 1.165) is 32.6 Å². The normalized spacial score (nSPS) is 16.7. The summed E-state index contributed by atoms with van der Waals surface area (Å²) in [7, 11) is 0. The van der Waals surface area contributed by atoms with Crippen molar-refractivity contribution in [3.05, 3.63) is 95.9 Å². The van der Waals surface area contributed by atoms with E-state index in [1.54, 1.807) is 12.1 Å². The quantitative estimate of drug-likeness (QED) is 0.217. The third-order valence-corrected chi connectivity index (χ3v) is 7.63. The van der Waals surface area contributed by atoms with Gasteiger partial charge in [-0.25, -0.2) is 0 Å². The second-order valence-corrected chi connectivity index (χ2v) is 10.5. The number of ether oxygens (including phenoxy) is 1. The van der Waals surface area contributed by atoms with Gasteiger partial charge in [-0.15, -0.1) is 0 Å². The maximum absolute atomic E-state index is 12.5. The molecule has 0 aliphatic carbocycles. The van der Waals surface area contributed by atoms with Gasteiger partial charge in [0.2, 0.25) is 0 Å². The predicted molar refractivity (Wildman–Crippen MR) is 147 cm³/mol. The topological polar surface area (TPSA) is 50.4 Å². The number of hydrogen-bond donors (Lipinski definition) is 2. The Labute approximate surface area is 221 Å². The SMILES string of the molecule is CCc1ccc(N[C@H]2NC(=O)/C(=C/c3ccc(OCc4ccc(Cl)c(Cl)c4)c(I)c3)S2)cc1. The molecule has 1 saturated heterocycles. The largest absolute Gasteiger partial charge is 0.488 e. The minimum Gasteiger partial charge on any atom is -0.488 e. The van der Waals surface area contributed by atoms with Crippen LogP contribution in [0.25, 0.3) is 6.08 Å². The third kappa shape index (κ3) is 6.38. The number of nitrogens with one attached hydrogen (secondary N) is 2. The fraction of sp³-hybridized carbons (Fsp3) is 0.160. The second-order valence-electron chi connectivity index (χ2n) is 7.40. The van der Waals surface area contributed by atoms with Crippen LogP contribution >= 0.6 is 57.6 Å². The Morgan fingerprint density at radius 1 is 1.06 bits per heavy atom. The Hall–Kier alpha value is -1.87. The number of hydrogen-bond acceptors (Lipinski definition) is 4. The molecule has 1 amide bonds. The Bertz CT molecular complexity index is 1200. The van der Waals surface area contributed by atoms with E-state index in [-0.39, 0.29) is 11.4 Å². The monoisotopic (exact) mass is 610 g/mol. The van der Waals surface area contributed by atoms with Gasteiger partial charge in [0.15, 0.2) is 5.50 Å². The van der Waals surface area contributed by atoms with Crippen LogP contribution in [0.3, 0.4) is 0 Å². The molecule has 3 aromatic rings. The molecule has 4 rings (SSSR count). The lowest BCUT2D eigenvalue weighted by atomic mass is 10.1. The number of carbonyl (C=O) groups excluding carboxylic acids is 1. The van der Waals surface area contributed by atoms with Gasteiger partial charge in [-0.2, -0.15) is 0 Å². The highest BCUT2D eigenvalue weighted by Crippen LogP contribution is 2.32. The van der Waals surface area contributed by atoms with Crippen molar-refractivity contribution >= 4 is 75.2 Å². The van der Waals surface area contributed by atoms with Crippen molar-refractivity contribution in [3.8, 4) is 5.75 Å². The highest BCUT2D eigenvalue weighted by atomic mass is 127. The molecule has 1 aliphatic rings. The van der Waals surface area contributed by atoms with Crippen LogP contribution in [-0.2, 0) is 17.8 Å². The average molecular weight is 611 g/mol. The van der Waals surface area contributed by atoms with Gasteiger partial charge in [0.25, 0.3) is 5.91 Å². The van der Waals surface area contributed by atoms with Gasteiger partial charge in [0.1, 0.15) is 12.4 Å². The molecule has 0 bridgehead atoms. The summed E-state index contributed by atoms with van der Waals surface area (Å²) in [5, 5.41) is 7.35. The molecule has 8 heteroatoms. The van der Waals surface area contributed by atoms with Gasteiger partial charge in [0, 0.05) is 5.69 Å². The molecule has 1 fully saturated rings. The summed E-state index contributed by atoms with van der Waals surface area (Å²) < 4.78 is 6.89. The highest BCUT2D eigenvalue weighted by Gasteiger charge is 2.27. The summed E-state index contributed by atoms with van der Waals surface area (Å²) in [5.41, 5.74) is 3.93. The van der Waals surface area contributed by atoms with Crippen LogP contribution in [0.15, 0.2) is 65.6 Å². The minimum atomic E-state index is -0.205. The first kappa shape index (κ1) is 24.3. The standard InChI is InChI=1S/C25H21Cl2IN2O2S/c1-2-15-3-7-18(8-4-15)29-25-30-24(31)23(33-25)13-16-6-10-22(21(28)12-16)32-14-17-5-9-19(26)20(27)11-17/h3-13,25,29H,2,14H2,1H3,(H,30,31)/b23-13-/t25-/m0/s1. The zero-order valence-corrected chi connectivity index (χ0v) is 22.2. The number of thioether (sulfide) groups is 1. The fourth-order valence-corrected chi connectivity index (χ4v) is 5.22. The molecule has 0 aromatic heterocycles. The first-order valence-electron chi connectivity index (χ1n) is 10.3. The van der Waals surface area contributed by atoms with Crippen LogP contribution in [0.5, 0.6) is 5.75 Å². The number of anilines is 1. The number of rotatable bonds is 7. The number of benzene rings is 3. The summed E-state index contributed by atoms with van der Waals surface area (Å²) in [6.45, 7) is 2.51. The number of halogens is 3. The van der Waals surface area contributed by atoms with E-state index < -0.39 is 0 Å². The molecule has 170 valence electrons. The highest BCUT2D eigenvalue weighted by molar-refractivity contribution is 14.1. The number of carbonyl (C=O) groups is 1. The van der Waals surface area contributed by atoms with Gasteiger partial charge in [0.05, 0.1) is 18.5 Å². The summed E-state index contributed by atoms with van der Waals surface area (Å²) in [5.74, 6) is 0.681. The van der Waals surface area contributed by atoms with Crippen LogP contribution in [0.4, 0.5) is 5.69 Å². The lowest BCUT2D eigenvalue weighted by Gasteiger charge is -2.13. The number of amides is 1. The van der Waals surface area contributed by atoms with E-state index in [9.17, 15) is 4.79 Å². The zero-order valence-electron chi connectivity index (χ0n) is 17.7. The Balaban J connectivity index is 1.39. The molecular weight excluding hydrogens is 590 g/mol. The van der Waals surface area contributed by atoms with Crippen LogP contribution in [0, 0.1) is 3.57 Å². The van der Waals surface area contributed by atoms with Crippen LogP contribution in [0.2, 0.25) is 10.0 Å². The molecule has 1 atom stereocenters.